The molecule has 90 valence electrons. The van der Waals surface area contributed by atoms with Gasteiger partial charge in [-0.1, -0.05) is 0 Å². The van der Waals surface area contributed by atoms with Crippen LogP contribution in [0.1, 0.15) is 6.42 Å². The average molecular weight is 234 g/mol. The second-order valence-electron chi connectivity index (χ2n) is 3.58. The van der Waals surface area contributed by atoms with Crippen LogP contribution in [0.25, 0.3) is 0 Å². The Bertz CT molecular complexity index is 439. The van der Waals surface area contributed by atoms with E-state index in [0.29, 0.717) is 11.8 Å². The lowest BCUT2D eigenvalue weighted by molar-refractivity contribution is -0.137. The molecule has 17 heavy (non-hydrogen) atoms. The Hall–Kier alpha value is -2.29. The summed E-state index contributed by atoms with van der Waals surface area (Å²) in [7, 11) is 3.60. The minimum absolute atomic E-state index is 0.0939. The normalized spacial score (nSPS) is 11.4. The molecule has 0 aliphatic carbocycles. The molecule has 1 atom stereocenters. The summed E-state index contributed by atoms with van der Waals surface area (Å²) in [6.07, 6.45) is 6.75. The summed E-state index contributed by atoms with van der Waals surface area (Å²) in [5.74, 6) is 2.24. The molecule has 6 nitrogen and oxygen atoms in total. The number of rotatable bonds is 5. The van der Waals surface area contributed by atoms with Crippen molar-refractivity contribution in [2.24, 2.45) is 0 Å². The number of hydrogen-bond donors (Lipinski definition) is 2. The molecule has 1 heterocycles. The number of carboxylic acids is 1. The van der Waals surface area contributed by atoms with E-state index in [1.807, 2.05) is 0 Å². The Morgan fingerprint density at radius 2 is 2.41 bits per heavy atom. The van der Waals surface area contributed by atoms with Crippen LogP contribution in [0.15, 0.2) is 12.3 Å². The van der Waals surface area contributed by atoms with Gasteiger partial charge in [-0.3, -0.25) is 0 Å². The highest BCUT2D eigenvalue weighted by Crippen LogP contribution is 2.10. The monoisotopic (exact) mass is 234 g/mol. The lowest BCUT2D eigenvalue weighted by atomic mass is 10.2. The van der Waals surface area contributed by atoms with Crippen LogP contribution in [-0.4, -0.2) is 41.2 Å². The van der Waals surface area contributed by atoms with Gasteiger partial charge in [-0.05, 0) is 6.07 Å². The van der Waals surface area contributed by atoms with Gasteiger partial charge in [0, 0.05) is 26.7 Å². The molecule has 0 bridgehead atoms. The summed E-state index contributed by atoms with van der Waals surface area (Å²) in [5, 5.41) is 11.7. The molecule has 1 aromatic rings. The van der Waals surface area contributed by atoms with Crippen molar-refractivity contribution in [1.29, 1.82) is 0 Å². The van der Waals surface area contributed by atoms with E-state index in [4.69, 9.17) is 11.5 Å². The molecule has 1 aromatic heterocycles. The summed E-state index contributed by atoms with van der Waals surface area (Å²) < 4.78 is 0. The number of hydrogen-bond acceptors (Lipinski definition) is 5. The second kappa shape index (κ2) is 5.70. The van der Waals surface area contributed by atoms with Gasteiger partial charge in [-0.15, -0.1) is 12.3 Å². The number of terminal acetylenes is 1. The van der Waals surface area contributed by atoms with Crippen molar-refractivity contribution in [3.63, 3.8) is 0 Å². The Balaban J connectivity index is 2.83. The topological polar surface area (TPSA) is 78.4 Å². The van der Waals surface area contributed by atoms with Crippen LogP contribution in [0.4, 0.5) is 11.8 Å². The predicted molar refractivity (Wildman–Crippen MR) is 64.9 cm³/mol. The third kappa shape index (κ3) is 3.65. The number of nitrogens with one attached hydrogen (secondary N) is 1. The smallest absolute Gasteiger partial charge is 0.327 e. The first-order chi connectivity index (χ1) is 8.04. The first-order valence-electron chi connectivity index (χ1n) is 4.97. The molecule has 0 aliphatic rings. The Kier molecular flexibility index (Phi) is 4.29. The van der Waals surface area contributed by atoms with E-state index in [-0.39, 0.29) is 6.42 Å². The van der Waals surface area contributed by atoms with Crippen molar-refractivity contribution in [3.8, 4) is 12.3 Å². The minimum Gasteiger partial charge on any atom is -0.480 e. The lowest BCUT2D eigenvalue weighted by Gasteiger charge is -2.14. The highest BCUT2D eigenvalue weighted by Gasteiger charge is 2.16. The molecule has 1 rings (SSSR count). The third-order valence-corrected chi connectivity index (χ3v) is 1.99. The summed E-state index contributed by atoms with van der Waals surface area (Å²) in [6.45, 7) is 0. The number of anilines is 2. The van der Waals surface area contributed by atoms with Gasteiger partial charge in [0.25, 0.3) is 0 Å². The van der Waals surface area contributed by atoms with Crippen LogP contribution in [0.2, 0.25) is 0 Å². The van der Waals surface area contributed by atoms with Gasteiger partial charge in [0.15, 0.2) is 0 Å². The molecule has 0 fully saturated rings. The van der Waals surface area contributed by atoms with Gasteiger partial charge in [0.1, 0.15) is 11.9 Å². The van der Waals surface area contributed by atoms with Crippen molar-refractivity contribution >= 4 is 17.7 Å². The van der Waals surface area contributed by atoms with Crippen molar-refractivity contribution in [2.45, 2.75) is 12.5 Å². The first kappa shape index (κ1) is 12.8. The summed E-state index contributed by atoms with van der Waals surface area (Å²) in [5.41, 5.74) is 0. The highest BCUT2D eigenvalue weighted by molar-refractivity contribution is 5.77. The van der Waals surface area contributed by atoms with Gasteiger partial charge in [0.2, 0.25) is 5.95 Å². The predicted octanol–water partition coefficient (Wildman–Crippen LogP) is 0.431. The molecule has 0 spiro atoms. The van der Waals surface area contributed by atoms with Crippen LogP contribution in [0, 0.1) is 12.3 Å². The van der Waals surface area contributed by atoms with Gasteiger partial charge in [-0.25, -0.2) is 9.78 Å². The van der Waals surface area contributed by atoms with E-state index in [1.54, 1.807) is 31.3 Å². The number of carbonyl (C=O) groups is 1. The fourth-order valence-electron chi connectivity index (χ4n) is 1.14. The molecule has 0 radical (unpaired) electrons. The largest absolute Gasteiger partial charge is 0.480 e. The van der Waals surface area contributed by atoms with Gasteiger partial charge < -0.3 is 15.3 Å². The Morgan fingerprint density at radius 1 is 1.71 bits per heavy atom. The third-order valence-electron chi connectivity index (χ3n) is 1.99. The van der Waals surface area contributed by atoms with E-state index in [2.05, 4.69) is 21.2 Å². The van der Waals surface area contributed by atoms with Crippen LogP contribution in [0.3, 0.4) is 0 Å². The van der Waals surface area contributed by atoms with E-state index in [1.165, 1.54) is 0 Å². The van der Waals surface area contributed by atoms with Gasteiger partial charge >= 0.3 is 5.97 Å². The van der Waals surface area contributed by atoms with Crippen molar-refractivity contribution in [3.05, 3.63) is 12.3 Å². The molecule has 1 unspecified atom stereocenters. The van der Waals surface area contributed by atoms with E-state index in [0.717, 1.165) is 0 Å². The minimum atomic E-state index is -1.01. The SMILES string of the molecule is C#CCC(Nc1ccnc(N(C)C)n1)C(=O)O. The van der Waals surface area contributed by atoms with E-state index < -0.39 is 12.0 Å². The van der Waals surface area contributed by atoms with Crippen LogP contribution >= 0.6 is 0 Å². The molecule has 0 amide bonds. The zero-order valence-corrected chi connectivity index (χ0v) is 9.71. The fraction of sp³-hybridized carbons (Fsp3) is 0.364. The maximum absolute atomic E-state index is 10.9. The molecular formula is C11H14N4O2. The van der Waals surface area contributed by atoms with Crippen molar-refractivity contribution in [2.75, 3.05) is 24.3 Å². The van der Waals surface area contributed by atoms with Gasteiger partial charge in [-0.2, -0.15) is 4.98 Å². The lowest BCUT2D eigenvalue weighted by Crippen LogP contribution is -2.29. The number of aromatic nitrogens is 2. The van der Waals surface area contributed by atoms with Crippen molar-refractivity contribution in [1.82, 2.24) is 9.97 Å². The summed E-state index contributed by atoms with van der Waals surface area (Å²) >= 11 is 0. The molecule has 2 N–H and O–H groups in total. The van der Waals surface area contributed by atoms with Gasteiger partial charge in [0.05, 0.1) is 0 Å². The first-order valence-corrected chi connectivity index (χ1v) is 4.97. The zero-order chi connectivity index (χ0) is 12.8. The molecule has 0 saturated carbocycles. The maximum atomic E-state index is 10.9. The number of carboxylic acid groups (broad SMARTS) is 1. The average Bonchev–Trinajstić information content (AvgIpc) is 2.28. The highest BCUT2D eigenvalue weighted by atomic mass is 16.4. The molecule has 6 heteroatoms. The van der Waals surface area contributed by atoms with Crippen LogP contribution in [0.5, 0.6) is 0 Å². The van der Waals surface area contributed by atoms with Crippen molar-refractivity contribution < 1.29 is 9.90 Å². The molecular weight excluding hydrogens is 220 g/mol. The number of nitrogens with zero attached hydrogens (tertiary/aromatic N) is 3. The Morgan fingerprint density at radius 3 is 2.94 bits per heavy atom. The molecule has 0 aliphatic heterocycles. The molecule has 0 saturated heterocycles. The fourth-order valence-corrected chi connectivity index (χ4v) is 1.14. The van der Waals surface area contributed by atoms with Crippen LogP contribution in [-0.2, 0) is 4.79 Å². The summed E-state index contributed by atoms with van der Waals surface area (Å²) in [4.78, 5) is 20.8. The number of aliphatic carboxylic acids is 1. The Labute approximate surface area is 99.7 Å². The van der Waals surface area contributed by atoms with E-state index in [9.17, 15) is 4.79 Å². The standard InChI is InChI=1S/C11H14N4O2/c1-4-5-8(10(16)17)13-9-6-7-12-11(14-9)15(2)3/h1,6-8H,5H2,2-3H3,(H,16,17)(H,12,13,14). The zero-order valence-electron chi connectivity index (χ0n) is 9.71. The maximum Gasteiger partial charge on any atom is 0.327 e. The summed E-state index contributed by atoms with van der Waals surface area (Å²) in [6, 6.07) is 0.754. The van der Waals surface area contributed by atoms with E-state index >= 15 is 0 Å². The quantitative estimate of drug-likeness (QED) is 0.719. The van der Waals surface area contributed by atoms with Crippen LogP contribution < -0.4 is 10.2 Å². The molecule has 0 aromatic carbocycles. The second-order valence-corrected chi connectivity index (χ2v) is 3.58.